The smallest absolute Gasteiger partial charge is 0.147 e. The summed E-state index contributed by atoms with van der Waals surface area (Å²) in [5.41, 5.74) is 3.69. The molecule has 0 spiro atoms. The zero-order valence-electron chi connectivity index (χ0n) is 15.6. The molecule has 4 rings (SSSR count). The van der Waals surface area contributed by atoms with Gasteiger partial charge in [-0.25, -0.2) is 14.4 Å². The van der Waals surface area contributed by atoms with Gasteiger partial charge in [0, 0.05) is 22.8 Å². The number of hydrogen-bond acceptors (Lipinski definition) is 4. The fraction of sp³-hybridized carbons (Fsp3) is 0.130. The van der Waals surface area contributed by atoms with Crippen molar-refractivity contribution in [1.82, 2.24) is 9.97 Å². The maximum atomic E-state index is 13.9. The lowest BCUT2D eigenvalue weighted by Gasteiger charge is -2.22. The van der Waals surface area contributed by atoms with Gasteiger partial charge >= 0.3 is 0 Å². The van der Waals surface area contributed by atoms with Crippen LogP contribution in [0.15, 0.2) is 66.9 Å². The molecule has 0 amide bonds. The van der Waals surface area contributed by atoms with Crippen molar-refractivity contribution in [3.05, 3.63) is 95.1 Å². The molecule has 0 saturated heterocycles. The molecule has 0 radical (unpaired) electrons. The Bertz CT molecular complexity index is 1160. The molecule has 1 atom stereocenters. The first-order chi connectivity index (χ1) is 13.5. The Morgan fingerprint density at radius 3 is 2.61 bits per heavy atom. The molecule has 0 unspecified atom stereocenters. The Labute approximate surface area is 162 Å². The van der Waals surface area contributed by atoms with Crippen molar-refractivity contribution in [2.75, 3.05) is 5.32 Å². The maximum absolute atomic E-state index is 13.9. The summed E-state index contributed by atoms with van der Waals surface area (Å²) in [6.45, 7) is 3.86. The van der Waals surface area contributed by atoms with Gasteiger partial charge in [-0.1, -0.05) is 30.3 Å². The summed E-state index contributed by atoms with van der Waals surface area (Å²) in [7, 11) is 0. The third-order valence-electron chi connectivity index (χ3n) is 4.71. The second-order valence-electron chi connectivity index (χ2n) is 6.88. The fourth-order valence-corrected chi connectivity index (χ4v) is 3.31. The normalized spacial score (nSPS) is 12.1. The predicted octanol–water partition coefficient (Wildman–Crippen LogP) is 5.29. The van der Waals surface area contributed by atoms with Gasteiger partial charge in [-0.2, -0.15) is 0 Å². The first kappa shape index (κ1) is 17.9. The number of nitrogens with zero attached hydrogens (tertiary/aromatic N) is 2. The van der Waals surface area contributed by atoms with Crippen molar-refractivity contribution in [2.45, 2.75) is 19.9 Å². The first-order valence-corrected chi connectivity index (χ1v) is 9.05. The largest absolute Gasteiger partial charge is 0.505 e. The van der Waals surface area contributed by atoms with E-state index in [1.807, 2.05) is 56.3 Å². The lowest BCUT2D eigenvalue weighted by atomic mass is 9.96. The number of benzene rings is 2. The number of phenols is 1. The molecule has 4 nitrogen and oxygen atoms in total. The Morgan fingerprint density at radius 1 is 1.00 bits per heavy atom. The molecular weight excluding hydrogens is 353 g/mol. The average Bonchev–Trinajstić information content (AvgIpc) is 2.67. The number of nitrogens with one attached hydrogen (secondary N) is 1. The average molecular weight is 373 g/mol. The van der Waals surface area contributed by atoms with Gasteiger partial charge in [-0.05, 0) is 55.3 Å². The monoisotopic (exact) mass is 373 g/mol. The number of fused-ring (bicyclic) bond motifs is 1. The molecule has 2 heterocycles. The second kappa shape index (κ2) is 7.27. The van der Waals surface area contributed by atoms with E-state index in [9.17, 15) is 9.50 Å². The standard InChI is InChI=1S/C23H20FN3O/c1-14-10-11-25-20(12-14)27-21(17-4-3-5-18(24)13-17)19-9-8-16-7-6-15(2)26-22(16)23(19)28/h3-13,21,28H,1-2H3,(H,25,27)/t21-/m0/s1. The summed E-state index contributed by atoms with van der Waals surface area (Å²) < 4.78 is 13.9. The van der Waals surface area contributed by atoms with E-state index in [0.717, 1.165) is 16.6 Å². The highest BCUT2D eigenvalue weighted by Crippen LogP contribution is 2.36. The number of aromatic nitrogens is 2. The zero-order chi connectivity index (χ0) is 19.7. The van der Waals surface area contributed by atoms with Crippen LogP contribution < -0.4 is 5.32 Å². The summed E-state index contributed by atoms with van der Waals surface area (Å²) in [5, 5.41) is 15.2. The molecule has 0 aliphatic rings. The number of aromatic hydroxyl groups is 1. The topological polar surface area (TPSA) is 58.0 Å². The first-order valence-electron chi connectivity index (χ1n) is 9.05. The van der Waals surface area contributed by atoms with E-state index in [1.165, 1.54) is 12.1 Å². The van der Waals surface area contributed by atoms with Crippen LogP contribution in [0.1, 0.15) is 28.4 Å². The van der Waals surface area contributed by atoms with Crippen LogP contribution in [0.4, 0.5) is 10.2 Å². The van der Waals surface area contributed by atoms with Crippen molar-refractivity contribution in [3.8, 4) is 5.75 Å². The Kier molecular flexibility index (Phi) is 4.65. The van der Waals surface area contributed by atoms with Crippen LogP contribution in [0.3, 0.4) is 0 Å². The molecule has 5 heteroatoms. The number of rotatable bonds is 4. The number of aryl methyl sites for hydroxylation is 2. The fourth-order valence-electron chi connectivity index (χ4n) is 3.31. The Morgan fingerprint density at radius 2 is 1.82 bits per heavy atom. The summed E-state index contributed by atoms with van der Waals surface area (Å²) in [6, 6.07) is 17.2. The Hall–Kier alpha value is -3.47. The van der Waals surface area contributed by atoms with Gasteiger partial charge in [0.2, 0.25) is 0 Å². The maximum Gasteiger partial charge on any atom is 0.147 e. The van der Waals surface area contributed by atoms with E-state index in [4.69, 9.17) is 0 Å². The minimum atomic E-state index is -0.489. The molecule has 0 fully saturated rings. The van der Waals surface area contributed by atoms with Crippen molar-refractivity contribution in [3.63, 3.8) is 0 Å². The number of anilines is 1. The highest BCUT2D eigenvalue weighted by Gasteiger charge is 2.21. The molecule has 4 aromatic rings. The molecule has 0 saturated carbocycles. The lowest BCUT2D eigenvalue weighted by Crippen LogP contribution is -2.14. The Balaban J connectivity index is 1.87. The molecular formula is C23H20FN3O. The summed E-state index contributed by atoms with van der Waals surface area (Å²) in [6.07, 6.45) is 1.71. The summed E-state index contributed by atoms with van der Waals surface area (Å²) in [5.74, 6) is 0.386. The highest BCUT2D eigenvalue weighted by atomic mass is 19.1. The van der Waals surface area contributed by atoms with E-state index in [2.05, 4.69) is 15.3 Å². The molecule has 2 aromatic carbocycles. The zero-order valence-corrected chi connectivity index (χ0v) is 15.6. The quantitative estimate of drug-likeness (QED) is 0.510. The van der Waals surface area contributed by atoms with Crippen LogP contribution in [0, 0.1) is 19.7 Å². The van der Waals surface area contributed by atoms with Crippen LogP contribution in [0.25, 0.3) is 10.9 Å². The van der Waals surface area contributed by atoms with Gasteiger partial charge in [-0.3, -0.25) is 0 Å². The summed E-state index contributed by atoms with van der Waals surface area (Å²) >= 11 is 0. The second-order valence-corrected chi connectivity index (χ2v) is 6.88. The van der Waals surface area contributed by atoms with Gasteiger partial charge < -0.3 is 10.4 Å². The van der Waals surface area contributed by atoms with Crippen molar-refractivity contribution >= 4 is 16.7 Å². The van der Waals surface area contributed by atoms with E-state index in [0.29, 0.717) is 22.5 Å². The minimum Gasteiger partial charge on any atom is -0.505 e. The highest BCUT2D eigenvalue weighted by molar-refractivity contribution is 5.86. The van der Waals surface area contributed by atoms with Crippen LogP contribution in [0.2, 0.25) is 0 Å². The van der Waals surface area contributed by atoms with Crippen LogP contribution >= 0.6 is 0 Å². The van der Waals surface area contributed by atoms with Gasteiger partial charge in [0.05, 0.1) is 6.04 Å². The van der Waals surface area contributed by atoms with Gasteiger partial charge in [0.15, 0.2) is 0 Å². The van der Waals surface area contributed by atoms with E-state index < -0.39 is 6.04 Å². The molecule has 0 aliphatic carbocycles. The molecule has 0 aliphatic heterocycles. The number of phenolic OH excluding ortho intramolecular Hbond substituents is 1. The number of hydrogen-bond donors (Lipinski definition) is 2. The van der Waals surface area contributed by atoms with Crippen LogP contribution in [-0.2, 0) is 0 Å². The molecule has 0 bridgehead atoms. The third-order valence-corrected chi connectivity index (χ3v) is 4.71. The summed E-state index contributed by atoms with van der Waals surface area (Å²) in [4.78, 5) is 8.84. The van der Waals surface area contributed by atoms with Crippen molar-refractivity contribution in [1.29, 1.82) is 0 Å². The van der Waals surface area contributed by atoms with Gasteiger partial charge in [0.25, 0.3) is 0 Å². The van der Waals surface area contributed by atoms with Gasteiger partial charge in [-0.15, -0.1) is 0 Å². The minimum absolute atomic E-state index is 0.0793. The van der Waals surface area contributed by atoms with Crippen LogP contribution in [-0.4, -0.2) is 15.1 Å². The number of halogens is 1. The van der Waals surface area contributed by atoms with E-state index in [1.54, 1.807) is 12.3 Å². The molecule has 2 N–H and O–H groups in total. The SMILES string of the molecule is Cc1ccnc(N[C@@H](c2cccc(F)c2)c2ccc3ccc(C)nc3c2O)c1. The molecule has 28 heavy (non-hydrogen) atoms. The molecule has 2 aromatic heterocycles. The third kappa shape index (κ3) is 3.51. The predicted molar refractivity (Wildman–Crippen MR) is 109 cm³/mol. The van der Waals surface area contributed by atoms with Gasteiger partial charge in [0.1, 0.15) is 22.9 Å². The van der Waals surface area contributed by atoms with Crippen LogP contribution in [0.5, 0.6) is 5.75 Å². The van der Waals surface area contributed by atoms with Crippen molar-refractivity contribution in [2.24, 2.45) is 0 Å². The van der Waals surface area contributed by atoms with Crippen molar-refractivity contribution < 1.29 is 9.50 Å². The van der Waals surface area contributed by atoms with E-state index >= 15 is 0 Å². The lowest BCUT2D eigenvalue weighted by molar-refractivity contribution is 0.471. The van der Waals surface area contributed by atoms with E-state index in [-0.39, 0.29) is 11.6 Å². The number of pyridine rings is 2. The molecule has 140 valence electrons.